The second-order valence-corrected chi connectivity index (χ2v) is 10.2. The predicted molar refractivity (Wildman–Crippen MR) is 140 cm³/mol. The molecule has 0 bridgehead atoms. The molecule has 7 nitrogen and oxygen atoms in total. The van der Waals surface area contributed by atoms with Gasteiger partial charge in [0.1, 0.15) is 11.6 Å². The van der Waals surface area contributed by atoms with Gasteiger partial charge in [0.25, 0.3) is 0 Å². The number of hydrogen-bond donors (Lipinski definition) is 2. The largest absolute Gasteiger partial charge is 0.497 e. The van der Waals surface area contributed by atoms with Crippen LogP contribution in [-0.4, -0.2) is 64.9 Å². The van der Waals surface area contributed by atoms with Crippen LogP contribution in [0.25, 0.3) is 21.8 Å². The second kappa shape index (κ2) is 9.67. The summed E-state index contributed by atoms with van der Waals surface area (Å²) in [4.78, 5) is 36.1. The van der Waals surface area contributed by atoms with Gasteiger partial charge in [0, 0.05) is 47.2 Å². The summed E-state index contributed by atoms with van der Waals surface area (Å²) in [5, 5.41) is 1.90. The van der Waals surface area contributed by atoms with Crippen molar-refractivity contribution in [1.82, 2.24) is 19.8 Å². The van der Waals surface area contributed by atoms with Crippen molar-refractivity contribution in [2.75, 3.05) is 33.3 Å². The molecule has 1 atom stereocenters. The number of hydrogen-bond acceptors (Lipinski definition) is 4. The summed E-state index contributed by atoms with van der Waals surface area (Å²) in [6.07, 6.45) is 6.91. The number of halogens is 1. The molecule has 1 unspecified atom stereocenters. The number of imide groups is 1. The van der Waals surface area contributed by atoms with E-state index < -0.39 is 5.92 Å². The van der Waals surface area contributed by atoms with Gasteiger partial charge in [-0.3, -0.25) is 14.5 Å². The van der Waals surface area contributed by atoms with Crippen molar-refractivity contribution < 1.29 is 18.7 Å². The highest BCUT2D eigenvalue weighted by atomic mass is 19.1. The number of nitrogens with zero attached hydrogens (tertiary/aromatic N) is 2. The number of H-pyrrole nitrogens is 2. The first-order valence-corrected chi connectivity index (χ1v) is 13.0. The summed E-state index contributed by atoms with van der Waals surface area (Å²) in [5.41, 5.74) is 3.96. The molecule has 0 saturated carbocycles. The highest BCUT2D eigenvalue weighted by Crippen LogP contribution is 2.36. The van der Waals surface area contributed by atoms with Crippen LogP contribution in [-0.2, 0) is 9.59 Å². The summed E-state index contributed by atoms with van der Waals surface area (Å²) in [6.45, 7) is 3.26. The van der Waals surface area contributed by atoms with Crippen LogP contribution < -0.4 is 4.74 Å². The van der Waals surface area contributed by atoms with Crippen LogP contribution in [0.4, 0.5) is 4.39 Å². The molecule has 2 aliphatic rings. The molecule has 2 aromatic heterocycles. The third kappa shape index (κ3) is 4.39. The zero-order valence-corrected chi connectivity index (χ0v) is 20.9. The van der Waals surface area contributed by atoms with Crippen molar-refractivity contribution in [2.45, 2.75) is 37.5 Å². The number of piperidine rings is 1. The molecule has 0 spiro atoms. The van der Waals surface area contributed by atoms with Crippen LogP contribution in [0.15, 0.2) is 48.8 Å². The first-order chi connectivity index (χ1) is 18.0. The molecule has 2 aromatic carbocycles. The van der Waals surface area contributed by atoms with Gasteiger partial charge in [0.05, 0.1) is 13.0 Å². The molecule has 8 heteroatoms. The average molecular weight is 503 g/mol. The maximum Gasteiger partial charge on any atom is 0.237 e. The lowest BCUT2D eigenvalue weighted by Gasteiger charge is -2.32. The molecule has 192 valence electrons. The van der Waals surface area contributed by atoms with Crippen LogP contribution >= 0.6 is 0 Å². The number of aromatic amines is 2. The summed E-state index contributed by atoms with van der Waals surface area (Å²) in [7, 11) is 1.69. The molecule has 2 fully saturated rings. The Kier molecular flexibility index (Phi) is 6.20. The summed E-state index contributed by atoms with van der Waals surface area (Å²) < 4.78 is 19.2. The molecule has 6 rings (SSSR count). The molecule has 4 heterocycles. The lowest BCUT2D eigenvalue weighted by molar-refractivity contribution is -0.138. The van der Waals surface area contributed by atoms with E-state index in [-0.39, 0.29) is 24.1 Å². The van der Waals surface area contributed by atoms with Crippen LogP contribution in [0, 0.1) is 5.82 Å². The van der Waals surface area contributed by atoms with Gasteiger partial charge in [0.2, 0.25) is 11.8 Å². The van der Waals surface area contributed by atoms with Crippen molar-refractivity contribution in [2.24, 2.45) is 0 Å². The Morgan fingerprint density at radius 2 is 1.65 bits per heavy atom. The minimum absolute atomic E-state index is 0.142. The fourth-order valence-electron chi connectivity index (χ4n) is 6.07. The fourth-order valence-corrected chi connectivity index (χ4v) is 6.07. The number of benzene rings is 2. The van der Waals surface area contributed by atoms with E-state index in [1.165, 1.54) is 28.0 Å². The highest BCUT2D eigenvalue weighted by molar-refractivity contribution is 6.08. The monoisotopic (exact) mass is 502 g/mol. The van der Waals surface area contributed by atoms with E-state index in [1.807, 2.05) is 6.07 Å². The van der Waals surface area contributed by atoms with Gasteiger partial charge >= 0.3 is 0 Å². The number of amides is 2. The molecule has 2 aliphatic heterocycles. The molecule has 4 aromatic rings. The summed E-state index contributed by atoms with van der Waals surface area (Å²) >= 11 is 0. The maximum absolute atomic E-state index is 13.8. The van der Waals surface area contributed by atoms with Crippen molar-refractivity contribution in [1.29, 1.82) is 0 Å². The average Bonchev–Trinajstić information content (AvgIpc) is 3.60. The van der Waals surface area contributed by atoms with Gasteiger partial charge in [0.15, 0.2) is 0 Å². The number of nitrogens with one attached hydrogen (secondary N) is 2. The Labute approximate surface area is 214 Å². The number of carbonyl (C=O) groups is 2. The highest BCUT2D eigenvalue weighted by Gasteiger charge is 2.40. The van der Waals surface area contributed by atoms with Gasteiger partial charge < -0.3 is 19.6 Å². The van der Waals surface area contributed by atoms with Crippen LogP contribution in [0.3, 0.4) is 0 Å². The quantitative estimate of drug-likeness (QED) is 0.352. The third-order valence-corrected chi connectivity index (χ3v) is 8.10. The number of carbonyl (C=O) groups excluding carboxylic acids is 2. The molecule has 2 amide bonds. The predicted octanol–water partition coefficient (Wildman–Crippen LogP) is 4.91. The first-order valence-electron chi connectivity index (χ1n) is 13.0. The molecule has 2 saturated heterocycles. The zero-order chi connectivity index (χ0) is 25.5. The summed E-state index contributed by atoms with van der Waals surface area (Å²) in [6, 6.07) is 10.6. The van der Waals surface area contributed by atoms with Crippen LogP contribution in [0.1, 0.15) is 48.6 Å². The van der Waals surface area contributed by atoms with Gasteiger partial charge in [-0.25, -0.2) is 4.39 Å². The Morgan fingerprint density at radius 3 is 2.41 bits per heavy atom. The Bertz CT molecular complexity index is 1470. The topological polar surface area (TPSA) is 81.4 Å². The SMILES string of the molecule is COc1ccc2[nH]cc(C3CCN(CCCN4C(=O)CC(c5c[nH]c6ccc(F)cc56)C4=O)CC3)c2c1. The lowest BCUT2D eigenvalue weighted by Crippen LogP contribution is -2.37. The number of likely N-dealkylation sites (tertiary alicyclic amines) is 2. The van der Waals surface area contributed by atoms with E-state index in [0.717, 1.165) is 55.7 Å². The molecule has 0 aliphatic carbocycles. The fraction of sp³-hybridized carbons (Fsp3) is 0.379. The third-order valence-electron chi connectivity index (χ3n) is 8.10. The van der Waals surface area contributed by atoms with Crippen molar-refractivity contribution in [3.63, 3.8) is 0 Å². The number of methoxy groups -OCH3 is 1. The van der Waals surface area contributed by atoms with Crippen molar-refractivity contribution in [3.05, 3.63) is 65.7 Å². The van der Waals surface area contributed by atoms with Gasteiger partial charge in [-0.1, -0.05) is 0 Å². The first kappa shape index (κ1) is 23.7. The van der Waals surface area contributed by atoms with Gasteiger partial charge in [-0.05, 0) is 92.3 Å². The Balaban J connectivity index is 1.03. The molecular formula is C29H31FN4O3. The van der Waals surface area contributed by atoms with Crippen molar-refractivity contribution in [3.8, 4) is 5.75 Å². The number of aromatic nitrogens is 2. The molecule has 2 N–H and O–H groups in total. The minimum Gasteiger partial charge on any atom is -0.497 e. The van der Waals surface area contributed by atoms with Gasteiger partial charge in [-0.15, -0.1) is 0 Å². The number of rotatable bonds is 7. The molecular weight excluding hydrogens is 471 g/mol. The molecule has 37 heavy (non-hydrogen) atoms. The number of ether oxygens (including phenoxy) is 1. The second-order valence-electron chi connectivity index (χ2n) is 10.2. The van der Waals surface area contributed by atoms with E-state index in [4.69, 9.17) is 4.74 Å². The van der Waals surface area contributed by atoms with Crippen molar-refractivity contribution >= 4 is 33.6 Å². The zero-order valence-electron chi connectivity index (χ0n) is 20.9. The van der Waals surface area contributed by atoms with E-state index in [0.29, 0.717) is 23.4 Å². The van der Waals surface area contributed by atoms with Crippen LogP contribution in [0.5, 0.6) is 5.75 Å². The smallest absolute Gasteiger partial charge is 0.237 e. The van der Waals surface area contributed by atoms with E-state index in [9.17, 15) is 14.0 Å². The Morgan fingerprint density at radius 1 is 0.946 bits per heavy atom. The van der Waals surface area contributed by atoms with Crippen LogP contribution in [0.2, 0.25) is 0 Å². The lowest BCUT2D eigenvalue weighted by atomic mass is 9.89. The van der Waals surface area contributed by atoms with E-state index in [1.54, 1.807) is 19.4 Å². The van der Waals surface area contributed by atoms with E-state index in [2.05, 4.69) is 33.2 Å². The molecule has 0 radical (unpaired) electrons. The Hall–Kier alpha value is -3.65. The maximum atomic E-state index is 13.8. The summed E-state index contributed by atoms with van der Waals surface area (Å²) in [5.74, 6) is 0.151. The minimum atomic E-state index is -0.548. The van der Waals surface area contributed by atoms with E-state index >= 15 is 0 Å². The van der Waals surface area contributed by atoms with Gasteiger partial charge in [-0.2, -0.15) is 0 Å². The standard InChI is InChI=1S/C29H31FN4O3/c1-37-20-4-6-27-22(14-20)24(16-31-27)18-7-11-33(12-8-18)9-2-10-34-28(35)15-23(29(34)36)25-17-32-26-5-3-19(30)13-21(25)26/h3-6,13-14,16-18,23,31-32H,2,7-12,15H2,1H3. The normalized spacial score (nSPS) is 19.5. The number of fused-ring (bicyclic) bond motifs is 2.